The van der Waals surface area contributed by atoms with Crippen LogP contribution in [0, 0.1) is 11.8 Å². The van der Waals surface area contributed by atoms with Crippen molar-refractivity contribution in [3.63, 3.8) is 0 Å². The summed E-state index contributed by atoms with van der Waals surface area (Å²) in [6, 6.07) is 0. The lowest BCUT2D eigenvalue weighted by molar-refractivity contribution is 1.21. The Kier molecular flexibility index (Phi) is 2.29. The minimum atomic E-state index is 0.800. The first-order valence-electron chi connectivity index (χ1n) is 2.71. The van der Waals surface area contributed by atoms with Crippen molar-refractivity contribution in [1.29, 1.82) is 0 Å². The standard InChI is InChI=1S/C7H7NS/c1-2-3-4-7-8-5-6-9-7/h5-6H,4H2,1H3. The van der Waals surface area contributed by atoms with E-state index in [1.807, 2.05) is 12.3 Å². The second-order valence-electron chi connectivity index (χ2n) is 1.53. The summed E-state index contributed by atoms with van der Waals surface area (Å²) < 4.78 is 0. The molecule has 0 unspecified atom stereocenters. The number of hydrogen-bond acceptors (Lipinski definition) is 2. The molecule has 0 N–H and O–H groups in total. The quantitative estimate of drug-likeness (QED) is 0.537. The molecule has 1 heterocycles. The smallest absolute Gasteiger partial charge is 0.104 e. The normalized spacial score (nSPS) is 8.11. The largest absolute Gasteiger partial charge is 0.249 e. The Morgan fingerprint density at radius 2 is 2.67 bits per heavy atom. The van der Waals surface area contributed by atoms with E-state index in [-0.39, 0.29) is 0 Å². The van der Waals surface area contributed by atoms with E-state index in [2.05, 4.69) is 16.8 Å². The predicted molar refractivity (Wildman–Crippen MR) is 39.3 cm³/mol. The van der Waals surface area contributed by atoms with Gasteiger partial charge in [0.05, 0.1) is 6.42 Å². The molecule has 0 amide bonds. The van der Waals surface area contributed by atoms with Gasteiger partial charge in [-0.1, -0.05) is 5.92 Å². The molecule has 0 aliphatic carbocycles. The first kappa shape index (κ1) is 6.31. The Hall–Kier alpha value is -0.810. The zero-order valence-electron chi connectivity index (χ0n) is 5.22. The average Bonchev–Trinajstić information content (AvgIpc) is 2.34. The Bertz CT molecular complexity index is 215. The summed E-state index contributed by atoms with van der Waals surface area (Å²) in [6.07, 6.45) is 2.60. The van der Waals surface area contributed by atoms with Gasteiger partial charge < -0.3 is 0 Å². The zero-order valence-corrected chi connectivity index (χ0v) is 6.03. The highest BCUT2D eigenvalue weighted by Gasteiger charge is 1.87. The van der Waals surface area contributed by atoms with Gasteiger partial charge >= 0.3 is 0 Å². The molecule has 0 fully saturated rings. The predicted octanol–water partition coefficient (Wildman–Crippen LogP) is 1.71. The lowest BCUT2D eigenvalue weighted by Crippen LogP contribution is -1.75. The van der Waals surface area contributed by atoms with Crippen molar-refractivity contribution < 1.29 is 0 Å². The summed E-state index contributed by atoms with van der Waals surface area (Å²) in [6.45, 7) is 1.84. The van der Waals surface area contributed by atoms with Crippen LogP contribution in [0.5, 0.6) is 0 Å². The molecule has 1 rings (SSSR count). The van der Waals surface area contributed by atoms with E-state index in [9.17, 15) is 0 Å². The molecule has 0 bridgehead atoms. The van der Waals surface area contributed by atoms with Gasteiger partial charge in [0.2, 0.25) is 0 Å². The Morgan fingerprint density at radius 1 is 1.78 bits per heavy atom. The van der Waals surface area contributed by atoms with E-state index in [0.717, 1.165) is 11.4 Å². The van der Waals surface area contributed by atoms with Crippen molar-refractivity contribution in [3.8, 4) is 11.8 Å². The van der Waals surface area contributed by atoms with E-state index in [0.29, 0.717) is 0 Å². The van der Waals surface area contributed by atoms with Crippen molar-refractivity contribution in [2.75, 3.05) is 0 Å². The van der Waals surface area contributed by atoms with E-state index < -0.39 is 0 Å². The third-order valence-electron chi connectivity index (χ3n) is 0.900. The summed E-state index contributed by atoms with van der Waals surface area (Å²) in [4.78, 5) is 4.07. The van der Waals surface area contributed by atoms with Crippen molar-refractivity contribution in [2.24, 2.45) is 0 Å². The van der Waals surface area contributed by atoms with Crippen molar-refractivity contribution in [2.45, 2.75) is 13.3 Å². The van der Waals surface area contributed by atoms with Gasteiger partial charge in [-0.25, -0.2) is 4.98 Å². The van der Waals surface area contributed by atoms with E-state index in [1.165, 1.54) is 0 Å². The maximum atomic E-state index is 4.07. The molecule has 0 saturated heterocycles. The van der Waals surface area contributed by atoms with Crippen LogP contribution in [-0.4, -0.2) is 4.98 Å². The van der Waals surface area contributed by atoms with Crippen LogP contribution in [0.15, 0.2) is 11.6 Å². The zero-order chi connectivity index (χ0) is 6.53. The molecular formula is C7H7NS. The van der Waals surface area contributed by atoms with Crippen LogP contribution in [0.4, 0.5) is 0 Å². The van der Waals surface area contributed by atoms with Gasteiger partial charge in [0, 0.05) is 11.6 Å². The molecule has 2 heteroatoms. The van der Waals surface area contributed by atoms with Crippen molar-refractivity contribution >= 4 is 11.3 Å². The van der Waals surface area contributed by atoms with Gasteiger partial charge in [-0.05, 0) is 6.92 Å². The number of nitrogens with zero attached hydrogens (tertiary/aromatic N) is 1. The first-order chi connectivity index (χ1) is 4.43. The molecule has 0 saturated carbocycles. The molecule has 0 aliphatic rings. The van der Waals surface area contributed by atoms with Gasteiger partial charge in [-0.3, -0.25) is 0 Å². The maximum Gasteiger partial charge on any atom is 0.104 e. The van der Waals surface area contributed by atoms with Crippen LogP contribution >= 0.6 is 11.3 Å². The van der Waals surface area contributed by atoms with E-state index >= 15 is 0 Å². The van der Waals surface area contributed by atoms with Crippen LogP contribution in [0.1, 0.15) is 11.9 Å². The molecule has 9 heavy (non-hydrogen) atoms. The summed E-state index contributed by atoms with van der Waals surface area (Å²) >= 11 is 1.65. The molecule has 1 aromatic rings. The monoisotopic (exact) mass is 137 g/mol. The fourth-order valence-corrected chi connectivity index (χ4v) is 1.06. The maximum absolute atomic E-state index is 4.07. The van der Waals surface area contributed by atoms with E-state index in [1.54, 1.807) is 17.5 Å². The van der Waals surface area contributed by atoms with Crippen LogP contribution < -0.4 is 0 Å². The topological polar surface area (TPSA) is 12.9 Å². The van der Waals surface area contributed by atoms with Gasteiger partial charge in [0.25, 0.3) is 0 Å². The van der Waals surface area contributed by atoms with Gasteiger partial charge in [-0.2, -0.15) is 0 Å². The molecule has 0 atom stereocenters. The van der Waals surface area contributed by atoms with Crippen LogP contribution in [0.3, 0.4) is 0 Å². The first-order valence-corrected chi connectivity index (χ1v) is 3.59. The van der Waals surface area contributed by atoms with Gasteiger partial charge in [-0.15, -0.1) is 17.3 Å². The number of hydrogen-bond donors (Lipinski definition) is 0. The highest BCUT2D eigenvalue weighted by molar-refractivity contribution is 7.09. The molecule has 0 spiro atoms. The summed E-state index contributed by atoms with van der Waals surface area (Å²) in [5.74, 6) is 5.77. The third kappa shape index (κ3) is 1.87. The van der Waals surface area contributed by atoms with Gasteiger partial charge in [0.15, 0.2) is 0 Å². The minimum absolute atomic E-state index is 0.800. The van der Waals surface area contributed by atoms with Crippen molar-refractivity contribution in [1.82, 2.24) is 4.98 Å². The fourth-order valence-electron chi connectivity index (χ4n) is 0.504. The van der Waals surface area contributed by atoms with Crippen LogP contribution in [0.25, 0.3) is 0 Å². The van der Waals surface area contributed by atoms with Crippen molar-refractivity contribution in [3.05, 3.63) is 16.6 Å². The molecule has 0 aromatic carbocycles. The van der Waals surface area contributed by atoms with Gasteiger partial charge in [0.1, 0.15) is 5.01 Å². The number of rotatable bonds is 1. The minimum Gasteiger partial charge on any atom is -0.249 e. The SMILES string of the molecule is CC#CCc1nccs1. The highest BCUT2D eigenvalue weighted by Crippen LogP contribution is 2.02. The molecule has 0 aliphatic heterocycles. The Morgan fingerprint density at radius 3 is 3.22 bits per heavy atom. The lowest BCUT2D eigenvalue weighted by Gasteiger charge is -1.78. The molecule has 1 aromatic heterocycles. The van der Waals surface area contributed by atoms with E-state index in [4.69, 9.17) is 0 Å². The Balaban J connectivity index is 2.54. The summed E-state index contributed by atoms with van der Waals surface area (Å²) in [5.41, 5.74) is 0. The molecular weight excluding hydrogens is 130 g/mol. The summed E-state index contributed by atoms with van der Waals surface area (Å²) in [5, 5.41) is 3.07. The molecule has 46 valence electrons. The van der Waals surface area contributed by atoms with Crippen LogP contribution in [0.2, 0.25) is 0 Å². The average molecular weight is 137 g/mol. The highest BCUT2D eigenvalue weighted by atomic mass is 32.1. The second kappa shape index (κ2) is 3.26. The van der Waals surface area contributed by atoms with Crippen LogP contribution in [-0.2, 0) is 6.42 Å². The second-order valence-corrected chi connectivity index (χ2v) is 2.51. The molecule has 0 radical (unpaired) electrons. The molecule has 1 nitrogen and oxygen atoms in total. The Labute approximate surface area is 58.8 Å². The number of aromatic nitrogens is 1. The third-order valence-corrected chi connectivity index (χ3v) is 1.68. The number of thiazole rings is 1. The lowest BCUT2D eigenvalue weighted by atomic mass is 10.4. The fraction of sp³-hybridized carbons (Fsp3) is 0.286. The summed E-state index contributed by atoms with van der Waals surface area (Å²) in [7, 11) is 0.